The van der Waals surface area contributed by atoms with Crippen molar-refractivity contribution in [3.8, 4) is 17.5 Å². The third-order valence-electron chi connectivity index (χ3n) is 1.94. The second-order valence-electron chi connectivity index (χ2n) is 3.17. The third kappa shape index (κ3) is 1.99. The zero-order valence-corrected chi connectivity index (χ0v) is 8.25. The number of hydrogen-bond donors (Lipinski definition) is 0. The monoisotopic (exact) mass is 199 g/mol. The van der Waals surface area contributed by atoms with Crippen LogP contribution in [0.5, 0.6) is 0 Å². The van der Waals surface area contributed by atoms with Gasteiger partial charge >= 0.3 is 0 Å². The van der Waals surface area contributed by atoms with E-state index in [1.165, 1.54) is 4.80 Å². The summed E-state index contributed by atoms with van der Waals surface area (Å²) in [6.45, 7) is 2.13. The highest BCUT2D eigenvalue weighted by atomic mass is 15.6. The van der Waals surface area contributed by atoms with E-state index in [1.54, 1.807) is 0 Å². The van der Waals surface area contributed by atoms with Gasteiger partial charge in [0, 0.05) is 5.56 Å². The predicted molar refractivity (Wildman–Crippen MR) is 53.6 cm³/mol. The van der Waals surface area contributed by atoms with Crippen molar-refractivity contribution in [1.29, 1.82) is 5.26 Å². The van der Waals surface area contributed by atoms with Crippen LogP contribution in [0.3, 0.4) is 0 Å². The fourth-order valence-corrected chi connectivity index (χ4v) is 1.27. The van der Waals surface area contributed by atoms with E-state index in [-0.39, 0.29) is 6.54 Å². The Kier molecular flexibility index (Phi) is 2.42. The highest BCUT2D eigenvalue weighted by Crippen LogP contribution is 2.14. The van der Waals surface area contributed by atoms with Crippen LogP contribution in [-0.4, -0.2) is 20.2 Å². The number of nitrogens with zero attached hydrogens (tertiary/aromatic N) is 5. The maximum Gasteiger partial charge on any atom is 0.204 e. The van der Waals surface area contributed by atoms with Crippen LogP contribution in [0.2, 0.25) is 0 Å². The molecule has 74 valence electrons. The minimum absolute atomic E-state index is 0.124. The Hall–Kier alpha value is -2.22. The lowest BCUT2D eigenvalue weighted by Gasteiger charge is -1.95. The Morgan fingerprint density at radius 1 is 1.47 bits per heavy atom. The summed E-state index contributed by atoms with van der Waals surface area (Å²) >= 11 is 0. The maximum atomic E-state index is 8.47. The van der Waals surface area contributed by atoms with Crippen molar-refractivity contribution in [3.63, 3.8) is 0 Å². The molecule has 0 radical (unpaired) electrons. The molecule has 0 atom stereocenters. The van der Waals surface area contributed by atoms with Gasteiger partial charge in [0.25, 0.3) is 0 Å². The molecule has 0 bridgehead atoms. The van der Waals surface area contributed by atoms with E-state index < -0.39 is 0 Å². The van der Waals surface area contributed by atoms with Crippen molar-refractivity contribution in [2.45, 2.75) is 13.5 Å². The molecule has 0 aliphatic rings. The van der Waals surface area contributed by atoms with Crippen LogP contribution < -0.4 is 0 Å². The number of aryl methyl sites for hydroxylation is 1. The van der Waals surface area contributed by atoms with E-state index in [0.717, 1.165) is 11.1 Å². The Labute approximate surface area is 87.0 Å². The summed E-state index contributed by atoms with van der Waals surface area (Å²) < 4.78 is 0. The van der Waals surface area contributed by atoms with Crippen molar-refractivity contribution in [1.82, 2.24) is 20.2 Å². The van der Waals surface area contributed by atoms with Gasteiger partial charge in [-0.25, -0.2) is 0 Å². The largest absolute Gasteiger partial charge is 0.204 e. The van der Waals surface area contributed by atoms with Crippen LogP contribution in [0, 0.1) is 18.3 Å². The molecule has 0 aliphatic heterocycles. The molecule has 0 amide bonds. The molecule has 0 spiro atoms. The van der Waals surface area contributed by atoms with E-state index in [2.05, 4.69) is 15.4 Å². The Morgan fingerprint density at radius 2 is 2.33 bits per heavy atom. The average molecular weight is 199 g/mol. The fourth-order valence-electron chi connectivity index (χ4n) is 1.27. The normalized spacial score (nSPS) is 9.87. The summed E-state index contributed by atoms with van der Waals surface area (Å²) in [6.07, 6.45) is 0. The lowest BCUT2D eigenvalue weighted by Crippen LogP contribution is -1.99. The van der Waals surface area contributed by atoms with E-state index >= 15 is 0 Å². The molecular weight excluding hydrogens is 190 g/mol. The minimum atomic E-state index is 0.124. The summed E-state index contributed by atoms with van der Waals surface area (Å²) in [5.74, 6) is 0.550. The molecule has 1 heterocycles. The lowest BCUT2D eigenvalue weighted by atomic mass is 10.1. The topological polar surface area (TPSA) is 67.4 Å². The van der Waals surface area contributed by atoms with E-state index in [1.807, 2.05) is 37.3 Å². The predicted octanol–water partition coefficient (Wildman–Crippen LogP) is 1.17. The smallest absolute Gasteiger partial charge is 0.196 e. The summed E-state index contributed by atoms with van der Waals surface area (Å²) in [6, 6.07) is 9.80. The molecule has 2 rings (SSSR count). The van der Waals surface area contributed by atoms with Gasteiger partial charge in [0.1, 0.15) is 6.54 Å². The Balaban J connectivity index is 2.34. The summed E-state index contributed by atoms with van der Waals surface area (Å²) in [4.78, 5) is 1.28. The molecule has 0 fully saturated rings. The summed E-state index contributed by atoms with van der Waals surface area (Å²) in [5.41, 5.74) is 2.06. The van der Waals surface area contributed by atoms with Crippen LogP contribution in [0.1, 0.15) is 5.56 Å². The third-order valence-corrected chi connectivity index (χ3v) is 1.94. The average Bonchev–Trinajstić information content (AvgIpc) is 2.67. The molecule has 2 aromatic rings. The Bertz CT molecular complexity index is 509. The number of hydrogen-bond acceptors (Lipinski definition) is 4. The van der Waals surface area contributed by atoms with Crippen LogP contribution in [0.25, 0.3) is 11.4 Å². The van der Waals surface area contributed by atoms with Crippen molar-refractivity contribution in [2.24, 2.45) is 0 Å². The van der Waals surface area contributed by atoms with E-state index in [9.17, 15) is 0 Å². The standard InChI is InChI=1S/C10H9N5/c1-8-3-2-4-9(7-8)10-12-14-15(13-10)6-5-11/h2-4,7H,6H2,1H3. The van der Waals surface area contributed by atoms with E-state index in [0.29, 0.717) is 5.82 Å². The van der Waals surface area contributed by atoms with Gasteiger partial charge in [-0.15, -0.1) is 15.0 Å². The highest BCUT2D eigenvalue weighted by molar-refractivity contribution is 5.54. The van der Waals surface area contributed by atoms with Gasteiger partial charge in [0.15, 0.2) is 0 Å². The first kappa shape index (κ1) is 9.34. The molecule has 0 aliphatic carbocycles. The molecule has 1 aromatic heterocycles. The van der Waals surface area contributed by atoms with Gasteiger partial charge in [-0.2, -0.15) is 5.26 Å². The van der Waals surface area contributed by atoms with E-state index in [4.69, 9.17) is 5.26 Å². The summed E-state index contributed by atoms with van der Waals surface area (Å²) in [5, 5.41) is 20.2. The van der Waals surface area contributed by atoms with Crippen LogP contribution in [0.4, 0.5) is 0 Å². The van der Waals surface area contributed by atoms with Crippen molar-refractivity contribution in [2.75, 3.05) is 0 Å². The first-order valence-corrected chi connectivity index (χ1v) is 4.51. The van der Waals surface area contributed by atoms with Crippen LogP contribution in [-0.2, 0) is 6.54 Å². The zero-order valence-electron chi connectivity index (χ0n) is 8.25. The second kappa shape index (κ2) is 3.88. The van der Waals surface area contributed by atoms with Crippen molar-refractivity contribution < 1.29 is 0 Å². The number of benzene rings is 1. The zero-order chi connectivity index (χ0) is 10.7. The quantitative estimate of drug-likeness (QED) is 0.728. The van der Waals surface area contributed by atoms with Gasteiger partial charge in [-0.3, -0.25) is 0 Å². The van der Waals surface area contributed by atoms with Gasteiger partial charge in [0.05, 0.1) is 6.07 Å². The summed E-state index contributed by atoms with van der Waals surface area (Å²) in [7, 11) is 0. The number of tetrazole rings is 1. The molecule has 0 saturated carbocycles. The second-order valence-corrected chi connectivity index (χ2v) is 3.17. The molecule has 5 heteroatoms. The molecule has 0 N–H and O–H groups in total. The highest BCUT2D eigenvalue weighted by Gasteiger charge is 2.04. The molecule has 15 heavy (non-hydrogen) atoms. The van der Waals surface area contributed by atoms with Gasteiger partial charge in [0.2, 0.25) is 5.82 Å². The first-order chi connectivity index (χ1) is 7.29. The Morgan fingerprint density at radius 3 is 3.07 bits per heavy atom. The van der Waals surface area contributed by atoms with Crippen LogP contribution in [0.15, 0.2) is 24.3 Å². The van der Waals surface area contributed by atoms with Gasteiger partial charge in [-0.1, -0.05) is 23.8 Å². The van der Waals surface area contributed by atoms with Gasteiger partial charge in [-0.05, 0) is 18.2 Å². The fraction of sp³-hybridized carbons (Fsp3) is 0.200. The minimum Gasteiger partial charge on any atom is -0.196 e. The maximum absolute atomic E-state index is 8.47. The lowest BCUT2D eigenvalue weighted by molar-refractivity contribution is 0.589. The van der Waals surface area contributed by atoms with Crippen molar-refractivity contribution in [3.05, 3.63) is 29.8 Å². The molecule has 1 aromatic carbocycles. The van der Waals surface area contributed by atoms with Crippen molar-refractivity contribution >= 4 is 0 Å². The number of nitriles is 1. The number of aromatic nitrogens is 4. The molecular formula is C10H9N5. The first-order valence-electron chi connectivity index (χ1n) is 4.51. The SMILES string of the molecule is Cc1cccc(-c2nnn(CC#N)n2)c1. The van der Waals surface area contributed by atoms with Gasteiger partial charge < -0.3 is 0 Å². The number of rotatable bonds is 2. The molecule has 0 unspecified atom stereocenters. The molecule has 5 nitrogen and oxygen atoms in total. The molecule has 0 saturated heterocycles. The van der Waals surface area contributed by atoms with Crippen LogP contribution >= 0.6 is 0 Å².